The van der Waals surface area contributed by atoms with Crippen molar-refractivity contribution >= 4 is 44.7 Å². The number of hydrogen-bond donors (Lipinski definition) is 2. The number of phenolic OH excluding ortho intramolecular Hbond substituents is 1. The van der Waals surface area contributed by atoms with Crippen LogP contribution >= 0.6 is 22.9 Å². The number of aromatic hydroxyl groups is 1. The maximum atomic E-state index is 9.81. The van der Waals surface area contributed by atoms with Crippen LogP contribution in [0.15, 0.2) is 30.6 Å². The number of aryl methyl sites for hydroxylation is 1. The maximum Gasteiger partial charge on any atom is 0.142 e. The van der Waals surface area contributed by atoms with Crippen LogP contribution in [0.5, 0.6) is 5.75 Å². The molecule has 0 aliphatic rings. The molecule has 0 aliphatic heterocycles. The molecule has 0 unspecified atom stereocenters. The first-order valence-electron chi connectivity index (χ1n) is 5.60. The number of thiophene rings is 1. The number of nitrogens with zero attached hydrogens (tertiary/aromatic N) is 2. The Balaban J connectivity index is 2.08. The molecule has 1 aromatic carbocycles. The number of rotatable bonds is 2. The third kappa shape index (κ3) is 2.34. The molecule has 0 bridgehead atoms. The van der Waals surface area contributed by atoms with Crippen molar-refractivity contribution < 1.29 is 5.11 Å². The van der Waals surface area contributed by atoms with Crippen molar-refractivity contribution in [1.29, 1.82) is 0 Å². The van der Waals surface area contributed by atoms with E-state index in [1.54, 1.807) is 29.5 Å². The van der Waals surface area contributed by atoms with Gasteiger partial charge in [-0.3, -0.25) is 0 Å². The molecule has 0 saturated carbocycles. The predicted octanol–water partition coefficient (Wildman–Crippen LogP) is 4.10. The van der Waals surface area contributed by atoms with Crippen molar-refractivity contribution in [3.63, 3.8) is 0 Å². The molecule has 0 aliphatic carbocycles. The van der Waals surface area contributed by atoms with Gasteiger partial charge in [-0.25, -0.2) is 9.97 Å². The van der Waals surface area contributed by atoms with Gasteiger partial charge in [-0.15, -0.1) is 11.3 Å². The second-order valence-corrected chi connectivity index (χ2v) is 5.76. The van der Waals surface area contributed by atoms with Gasteiger partial charge in [0.2, 0.25) is 0 Å². The fraction of sp³-hybridized carbons (Fsp3) is 0.0769. The number of nitrogens with one attached hydrogen (secondary N) is 1. The number of halogens is 1. The van der Waals surface area contributed by atoms with E-state index < -0.39 is 0 Å². The van der Waals surface area contributed by atoms with Crippen molar-refractivity contribution in [3.05, 3.63) is 40.5 Å². The van der Waals surface area contributed by atoms with Crippen LogP contribution in [0.4, 0.5) is 11.5 Å². The van der Waals surface area contributed by atoms with Gasteiger partial charge in [-0.2, -0.15) is 0 Å². The van der Waals surface area contributed by atoms with Crippen LogP contribution in [0.2, 0.25) is 5.02 Å². The molecule has 96 valence electrons. The summed E-state index contributed by atoms with van der Waals surface area (Å²) in [5.41, 5.74) is 0.524. The van der Waals surface area contributed by atoms with Gasteiger partial charge in [0.25, 0.3) is 0 Å². The summed E-state index contributed by atoms with van der Waals surface area (Å²) in [5.74, 6) is 0.787. The Hall–Kier alpha value is -1.85. The third-order valence-corrected chi connectivity index (χ3v) is 3.86. The van der Waals surface area contributed by atoms with E-state index in [0.717, 1.165) is 15.1 Å². The molecule has 2 heterocycles. The Bertz CT molecular complexity index is 757. The summed E-state index contributed by atoms with van der Waals surface area (Å²) in [6.07, 6.45) is 1.50. The van der Waals surface area contributed by atoms with E-state index in [1.807, 2.05) is 13.0 Å². The monoisotopic (exact) mass is 291 g/mol. The van der Waals surface area contributed by atoms with E-state index in [2.05, 4.69) is 15.3 Å². The van der Waals surface area contributed by atoms with Crippen molar-refractivity contribution in [1.82, 2.24) is 9.97 Å². The molecule has 19 heavy (non-hydrogen) atoms. The van der Waals surface area contributed by atoms with Crippen LogP contribution in [-0.4, -0.2) is 15.1 Å². The molecule has 3 aromatic rings. The highest BCUT2D eigenvalue weighted by Gasteiger charge is 2.09. The molecule has 0 fully saturated rings. The van der Waals surface area contributed by atoms with Gasteiger partial charge in [0, 0.05) is 9.90 Å². The van der Waals surface area contributed by atoms with Gasteiger partial charge >= 0.3 is 0 Å². The fourth-order valence-corrected chi connectivity index (χ4v) is 2.83. The zero-order valence-electron chi connectivity index (χ0n) is 10.0. The van der Waals surface area contributed by atoms with Crippen LogP contribution < -0.4 is 5.32 Å². The summed E-state index contributed by atoms with van der Waals surface area (Å²) < 4.78 is 0. The average molecular weight is 292 g/mol. The minimum absolute atomic E-state index is 0.128. The Labute approximate surface area is 118 Å². The summed E-state index contributed by atoms with van der Waals surface area (Å²) >= 11 is 7.53. The number of phenols is 1. The van der Waals surface area contributed by atoms with Crippen LogP contribution in [0.25, 0.3) is 10.2 Å². The standard InChI is InChI=1S/C13H10ClN3OS/c1-7-4-9-12(15-6-16-13(9)19-7)17-10-5-8(14)2-3-11(10)18/h2-6,18H,1H3,(H,15,16,17). The largest absolute Gasteiger partial charge is 0.506 e. The Morgan fingerprint density at radius 2 is 2.11 bits per heavy atom. The SMILES string of the molecule is Cc1cc2c(Nc3cc(Cl)ccc3O)ncnc2s1. The van der Waals surface area contributed by atoms with Crippen LogP contribution in [0, 0.1) is 6.92 Å². The molecule has 6 heteroatoms. The Kier molecular flexibility index (Phi) is 3.00. The molecule has 4 nitrogen and oxygen atoms in total. The van der Waals surface area contributed by atoms with Crippen molar-refractivity contribution in [3.8, 4) is 5.75 Å². The summed E-state index contributed by atoms with van der Waals surface area (Å²) in [5, 5.41) is 14.4. The molecular weight excluding hydrogens is 282 g/mol. The van der Waals surface area contributed by atoms with Gasteiger partial charge < -0.3 is 10.4 Å². The maximum absolute atomic E-state index is 9.81. The summed E-state index contributed by atoms with van der Waals surface area (Å²) in [7, 11) is 0. The van der Waals surface area contributed by atoms with Crippen molar-refractivity contribution in [2.24, 2.45) is 0 Å². The molecule has 0 spiro atoms. The zero-order valence-corrected chi connectivity index (χ0v) is 11.6. The predicted molar refractivity (Wildman–Crippen MR) is 78.6 cm³/mol. The van der Waals surface area contributed by atoms with Crippen molar-refractivity contribution in [2.45, 2.75) is 6.92 Å². The highest BCUT2D eigenvalue weighted by Crippen LogP contribution is 2.33. The van der Waals surface area contributed by atoms with E-state index in [-0.39, 0.29) is 5.75 Å². The second kappa shape index (κ2) is 4.68. The van der Waals surface area contributed by atoms with Gasteiger partial charge in [0.05, 0.1) is 11.1 Å². The van der Waals surface area contributed by atoms with E-state index in [4.69, 9.17) is 11.6 Å². The van der Waals surface area contributed by atoms with Crippen molar-refractivity contribution in [2.75, 3.05) is 5.32 Å². The van der Waals surface area contributed by atoms with Gasteiger partial charge in [-0.05, 0) is 31.2 Å². The second-order valence-electron chi connectivity index (χ2n) is 4.08. The smallest absolute Gasteiger partial charge is 0.142 e. The number of anilines is 2. The highest BCUT2D eigenvalue weighted by molar-refractivity contribution is 7.18. The molecule has 0 saturated heterocycles. The van der Waals surface area contributed by atoms with Crippen LogP contribution in [0.1, 0.15) is 4.88 Å². The van der Waals surface area contributed by atoms with Gasteiger partial charge in [0.1, 0.15) is 22.7 Å². The van der Waals surface area contributed by atoms with E-state index in [9.17, 15) is 5.11 Å². The van der Waals surface area contributed by atoms with Gasteiger partial charge in [0.15, 0.2) is 0 Å². The lowest BCUT2D eigenvalue weighted by Crippen LogP contribution is -1.95. The quantitative estimate of drug-likeness (QED) is 0.698. The minimum Gasteiger partial charge on any atom is -0.506 e. The molecule has 0 radical (unpaired) electrons. The van der Waals surface area contributed by atoms with E-state index >= 15 is 0 Å². The zero-order chi connectivity index (χ0) is 13.4. The topological polar surface area (TPSA) is 58.0 Å². The molecular formula is C13H10ClN3OS. The highest BCUT2D eigenvalue weighted by atomic mass is 35.5. The fourth-order valence-electron chi connectivity index (χ4n) is 1.81. The summed E-state index contributed by atoms with van der Waals surface area (Å²) in [4.78, 5) is 10.5. The lowest BCUT2D eigenvalue weighted by molar-refractivity contribution is 0.478. The van der Waals surface area contributed by atoms with Crippen LogP contribution in [-0.2, 0) is 0 Å². The summed E-state index contributed by atoms with van der Waals surface area (Å²) in [6, 6.07) is 6.85. The molecule has 0 atom stereocenters. The lowest BCUT2D eigenvalue weighted by Gasteiger charge is -2.08. The van der Waals surface area contributed by atoms with E-state index in [1.165, 1.54) is 6.33 Å². The van der Waals surface area contributed by atoms with Crippen LogP contribution in [0.3, 0.4) is 0 Å². The van der Waals surface area contributed by atoms with E-state index in [0.29, 0.717) is 16.5 Å². The number of benzene rings is 1. The first-order chi connectivity index (χ1) is 9.13. The first-order valence-corrected chi connectivity index (χ1v) is 6.79. The molecule has 3 rings (SSSR count). The number of fused-ring (bicyclic) bond motifs is 1. The number of aromatic nitrogens is 2. The minimum atomic E-state index is 0.128. The normalized spacial score (nSPS) is 10.8. The Morgan fingerprint density at radius 3 is 2.95 bits per heavy atom. The van der Waals surface area contributed by atoms with Gasteiger partial charge in [-0.1, -0.05) is 11.6 Å². The number of hydrogen-bond acceptors (Lipinski definition) is 5. The third-order valence-electron chi connectivity index (χ3n) is 2.66. The summed E-state index contributed by atoms with van der Waals surface area (Å²) in [6.45, 7) is 2.02. The molecule has 0 amide bonds. The molecule has 2 N–H and O–H groups in total. The molecule has 2 aromatic heterocycles. The Morgan fingerprint density at radius 1 is 1.26 bits per heavy atom. The first kappa shape index (κ1) is 12.2. The lowest BCUT2D eigenvalue weighted by atomic mass is 10.2. The average Bonchev–Trinajstić information content (AvgIpc) is 2.75.